The smallest absolute Gasteiger partial charge is 0.143 e. The van der Waals surface area contributed by atoms with E-state index in [1.807, 2.05) is 0 Å². The summed E-state index contributed by atoms with van der Waals surface area (Å²) in [4.78, 5) is 9.73. The summed E-state index contributed by atoms with van der Waals surface area (Å²) in [5.41, 5.74) is 1.20. The summed E-state index contributed by atoms with van der Waals surface area (Å²) < 4.78 is 1.19. The zero-order chi connectivity index (χ0) is 14.7. The van der Waals surface area contributed by atoms with Gasteiger partial charge in [-0.05, 0) is 54.2 Å². The molecule has 1 fully saturated rings. The zero-order valence-electron chi connectivity index (χ0n) is 13.0. The van der Waals surface area contributed by atoms with Crippen LogP contribution < -0.4 is 5.32 Å². The van der Waals surface area contributed by atoms with Crippen molar-refractivity contribution in [3.05, 3.63) is 15.1 Å². The minimum Gasteiger partial charge on any atom is -0.369 e. The fourth-order valence-corrected chi connectivity index (χ4v) is 3.91. The number of anilines is 1. The molecular formula is C16H26IN3. The summed E-state index contributed by atoms with van der Waals surface area (Å²) in [7, 11) is 0. The summed E-state index contributed by atoms with van der Waals surface area (Å²) in [6, 6.07) is 0. The quantitative estimate of drug-likeness (QED) is 0.745. The number of hydrogen-bond donors (Lipinski definition) is 1. The highest BCUT2D eigenvalue weighted by atomic mass is 127. The molecule has 3 nitrogen and oxygen atoms in total. The van der Waals surface area contributed by atoms with Crippen LogP contribution in [0.15, 0.2) is 0 Å². The van der Waals surface area contributed by atoms with Crippen molar-refractivity contribution in [2.75, 3.05) is 11.9 Å². The average Bonchev–Trinajstić information content (AvgIpc) is 2.42. The first-order chi connectivity index (χ1) is 9.52. The molecule has 0 spiro atoms. The van der Waals surface area contributed by atoms with Crippen molar-refractivity contribution >= 4 is 28.4 Å². The molecular weight excluding hydrogens is 361 g/mol. The highest BCUT2D eigenvalue weighted by Gasteiger charge is 2.24. The molecule has 0 amide bonds. The summed E-state index contributed by atoms with van der Waals surface area (Å²) in [6.45, 7) is 9.81. The number of rotatable bonds is 4. The Morgan fingerprint density at radius 3 is 2.40 bits per heavy atom. The van der Waals surface area contributed by atoms with Crippen LogP contribution in [-0.4, -0.2) is 16.5 Å². The van der Waals surface area contributed by atoms with Crippen molar-refractivity contribution in [1.29, 1.82) is 0 Å². The van der Waals surface area contributed by atoms with Crippen molar-refractivity contribution in [2.24, 2.45) is 5.92 Å². The van der Waals surface area contributed by atoms with E-state index in [1.54, 1.807) is 0 Å². The third kappa shape index (κ3) is 3.62. The van der Waals surface area contributed by atoms with Crippen LogP contribution in [0.1, 0.15) is 76.7 Å². The van der Waals surface area contributed by atoms with Gasteiger partial charge in [-0.25, -0.2) is 9.97 Å². The molecule has 4 heteroatoms. The maximum Gasteiger partial charge on any atom is 0.143 e. The Morgan fingerprint density at radius 2 is 1.85 bits per heavy atom. The molecule has 2 rings (SSSR count). The molecule has 1 saturated carbocycles. The van der Waals surface area contributed by atoms with E-state index in [2.05, 4.69) is 55.6 Å². The van der Waals surface area contributed by atoms with Gasteiger partial charge in [-0.3, -0.25) is 0 Å². The van der Waals surface area contributed by atoms with Crippen molar-refractivity contribution in [1.82, 2.24) is 9.97 Å². The number of halogens is 1. The van der Waals surface area contributed by atoms with Crippen LogP contribution in [-0.2, 0) is 0 Å². The molecule has 0 radical (unpaired) electrons. The topological polar surface area (TPSA) is 37.8 Å². The molecule has 0 saturated heterocycles. The van der Waals surface area contributed by atoms with Crippen LogP contribution in [0.2, 0.25) is 0 Å². The fraction of sp³-hybridized carbons (Fsp3) is 0.750. The number of nitrogens with zero attached hydrogens (tertiary/aromatic N) is 2. The second-order valence-corrected chi connectivity index (χ2v) is 7.35. The third-order valence-corrected chi connectivity index (χ3v) is 5.23. The van der Waals surface area contributed by atoms with Gasteiger partial charge in [0.25, 0.3) is 0 Å². The molecule has 0 unspecified atom stereocenters. The summed E-state index contributed by atoms with van der Waals surface area (Å²) in [6.07, 6.45) is 5.11. The highest BCUT2D eigenvalue weighted by molar-refractivity contribution is 14.1. The maximum atomic E-state index is 4.90. The molecule has 1 N–H and O–H groups in total. The lowest BCUT2D eigenvalue weighted by Crippen LogP contribution is -2.17. The van der Waals surface area contributed by atoms with Gasteiger partial charge < -0.3 is 5.32 Å². The van der Waals surface area contributed by atoms with Crippen LogP contribution in [0.5, 0.6) is 0 Å². The van der Waals surface area contributed by atoms with Crippen LogP contribution in [0, 0.1) is 9.49 Å². The Balaban J connectivity index is 2.32. The zero-order valence-corrected chi connectivity index (χ0v) is 15.2. The minimum absolute atomic E-state index is 0.448. The van der Waals surface area contributed by atoms with Crippen LogP contribution in [0.25, 0.3) is 0 Å². The lowest BCUT2D eigenvalue weighted by Gasteiger charge is -2.26. The molecule has 0 aliphatic heterocycles. The van der Waals surface area contributed by atoms with E-state index in [4.69, 9.17) is 9.97 Å². The second kappa shape index (κ2) is 7.05. The standard InChI is InChI=1S/C16H26IN3/c1-5-18-16-13(17)14(10(2)3)19-15(20-16)12-8-6-11(4)7-9-12/h10-12H,5-9H2,1-4H3,(H,18,19,20). The highest BCUT2D eigenvalue weighted by Crippen LogP contribution is 2.36. The van der Waals surface area contributed by atoms with Gasteiger partial charge >= 0.3 is 0 Å². The van der Waals surface area contributed by atoms with Crippen molar-refractivity contribution in [2.45, 2.75) is 65.2 Å². The molecule has 0 atom stereocenters. The largest absolute Gasteiger partial charge is 0.369 e. The normalized spacial score (nSPS) is 23.1. The van der Waals surface area contributed by atoms with Gasteiger partial charge in [-0.1, -0.05) is 33.6 Å². The number of nitrogens with one attached hydrogen (secondary N) is 1. The first-order valence-electron chi connectivity index (χ1n) is 7.84. The van der Waals surface area contributed by atoms with Crippen LogP contribution in [0.4, 0.5) is 5.82 Å². The van der Waals surface area contributed by atoms with E-state index >= 15 is 0 Å². The fourth-order valence-electron chi connectivity index (χ4n) is 2.85. The van der Waals surface area contributed by atoms with E-state index in [1.165, 1.54) is 34.9 Å². The summed E-state index contributed by atoms with van der Waals surface area (Å²) in [5.74, 6) is 3.96. The third-order valence-electron chi connectivity index (χ3n) is 4.17. The average molecular weight is 387 g/mol. The van der Waals surface area contributed by atoms with E-state index in [-0.39, 0.29) is 0 Å². The SMILES string of the molecule is CCNc1nc(C2CCC(C)CC2)nc(C(C)C)c1I. The van der Waals surface area contributed by atoms with Gasteiger partial charge in [0, 0.05) is 12.5 Å². The van der Waals surface area contributed by atoms with Gasteiger partial charge in [0.05, 0.1) is 9.26 Å². The predicted molar refractivity (Wildman–Crippen MR) is 93.4 cm³/mol. The van der Waals surface area contributed by atoms with Gasteiger partial charge in [-0.2, -0.15) is 0 Å². The molecule has 1 heterocycles. The molecule has 112 valence electrons. The predicted octanol–water partition coefficient (Wildman–Crippen LogP) is 4.93. The molecule has 1 aliphatic rings. The molecule has 0 aromatic carbocycles. The number of hydrogen-bond acceptors (Lipinski definition) is 3. The first-order valence-corrected chi connectivity index (χ1v) is 8.92. The van der Waals surface area contributed by atoms with Crippen molar-refractivity contribution in [3.63, 3.8) is 0 Å². The molecule has 1 aromatic rings. The van der Waals surface area contributed by atoms with Gasteiger partial charge in [-0.15, -0.1) is 0 Å². The molecule has 20 heavy (non-hydrogen) atoms. The van der Waals surface area contributed by atoms with Crippen LogP contribution in [0.3, 0.4) is 0 Å². The van der Waals surface area contributed by atoms with E-state index in [0.29, 0.717) is 11.8 Å². The van der Waals surface area contributed by atoms with Gasteiger partial charge in [0.15, 0.2) is 0 Å². The first kappa shape index (κ1) is 16.0. The maximum absolute atomic E-state index is 4.90. The molecule has 1 aromatic heterocycles. The summed E-state index contributed by atoms with van der Waals surface area (Å²) in [5, 5.41) is 3.40. The monoisotopic (exact) mass is 387 g/mol. The van der Waals surface area contributed by atoms with Gasteiger partial charge in [0.2, 0.25) is 0 Å². The Kier molecular flexibility index (Phi) is 5.64. The second-order valence-electron chi connectivity index (χ2n) is 6.27. The lowest BCUT2D eigenvalue weighted by molar-refractivity contribution is 0.339. The summed E-state index contributed by atoms with van der Waals surface area (Å²) >= 11 is 2.38. The Morgan fingerprint density at radius 1 is 1.20 bits per heavy atom. The Labute approximate surface area is 136 Å². The number of aromatic nitrogens is 2. The van der Waals surface area contributed by atoms with Crippen molar-refractivity contribution in [3.8, 4) is 0 Å². The Bertz CT molecular complexity index is 451. The van der Waals surface area contributed by atoms with Crippen LogP contribution >= 0.6 is 22.6 Å². The van der Waals surface area contributed by atoms with Crippen molar-refractivity contribution < 1.29 is 0 Å². The minimum atomic E-state index is 0.448. The van der Waals surface area contributed by atoms with Gasteiger partial charge in [0.1, 0.15) is 11.6 Å². The van der Waals surface area contributed by atoms with E-state index < -0.39 is 0 Å². The molecule has 0 bridgehead atoms. The molecule has 1 aliphatic carbocycles. The lowest BCUT2D eigenvalue weighted by atomic mass is 9.82. The Hall–Kier alpha value is -0.390. The van der Waals surface area contributed by atoms with E-state index in [0.717, 1.165) is 24.1 Å². The van der Waals surface area contributed by atoms with E-state index in [9.17, 15) is 0 Å².